The summed E-state index contributed by atoms with van der Waals surface area (Å²) in [7, 11) is 0. The number of phenols is 1. The maximum Gasteiger partial charge on any atom is 0.355 e. The van der Waals surface area contributed by atoms with E-state index in [2.05, 4.69) is 21.5 Å². The van der Waals surface area contributed by atoms with Gasteiger partial charge in [0.1, 0.15) is 23.1 Å². The number of rotatable bonds is 4. The first kappa shape index (κ1) is 29.1. The number of piperazine rings is 1. The second-order valence-electron chi connectivity index (χ2n) is 11.2. The molecule has 6 rings (SSSR count). The van der Waals surface area contributed by atoms with Crippen LogP contribution in [0.15, 0.2) is 54.0 Å². The van der Waals surface area contributed by atoms with Crippen LogP contribution in [0.2, 0.25) is 0 Å². The number of hydrogen-bond acceptors (Lipinski definition) is 8. The van der Waals surface area contributed by atoms with E-state index in [9.17, 15) is 19.8 Å². The first-order valence-electron chi connectivity index (χ1n) is 14.2. The van der Waals surface area contributed by atoms with Crippen molar-refractivity contribution < 1.29 is 23.8 Å². The lowest BCUT2D eigenvalue weighted by Crippen LogP contribution is -2.59. The summed E-state index contributed by atoms with van der Waals surface area (Å²) in [6.45, 7) is 9.67. The van der Waals surface area contributed by atoms with E-state index in [1.807, 2.05) is 13.8 Å². The maximum atomic E-state index is 16.6. The third-order valence-corrected chi connectivity index (χ3v) is 8.17. The van der Waals surface area contributed by atoms with Gasteiger partial charge >= 0.3 is 5.69 Å². The first-order valence-corrected chi connectivity index (χ1v) is 14.2. The number of phenolic OH excluding ortho intramolecular Hbond substituents is 1. The van der Waals surface area contributed by atoms with Crippen LogP contribution in [0.1, 0.15) is 36.6 Å². The number of aliphatic hydroxyl groups excluding tert-OH is 1. The first-order chi connectivity index (χ1) is 21.0. The van der Waals surface area contributed by atoms with E-state index in [1.165, 1.54) is 39.8 Å². The van der Waals surface area contributed by atoms with Gasteiger partial charge in [0.25, 0.3) is 0 Å². The number of carbonyl (C=O) groups excluding carboxylic acids is 1. The Hall–Kier alpha value is -4.97. The van der Waals surface area contributed by atoms with E-state index in [-0.39, 0.29) is 53.9 Å². The van der Waals surface area contributed by atoms with Crippen LogP contribution < -0.4 is 10.6 Å². The van der Waals surface area contributed by atoms with Crippen molar-refractivity contribution in [2.24, 2.45) is 0 Å². The van der Waals surface area contributed by atoms with Gasteiger partial charge in [-0.25, -0.2) is 23.1 Å². The molecule has 10 nitrogen and oxygen atoms in total. The number of carbonyl (C=O) groups is 1. The monoisotopic (exact) mass is 600 g/mol. The fraction of sp³-hybridized carbons (Fsp3) is 0.281. The summed E-state index contributed by atoms with van der Waals surface area (Å²) in [5.41, 5.74) is -0.215. The van der Waals surface area contributed by atoms with Gasteiger partial charge in [-0.2, -0.15) is 4.98 Å². The van der Waals surface area contributed by atoms with Crippen molar-refractivity contribution in [1.82, 2.24) is 24.4 Å². The van der Waals surface area contributed by atoms with Gasteiger partial charge in [0, 0.05) is 31.4 Å². The third kappa shape index (κ3) is 4.53. The number of fused-ring (bicyclic) bond motifs is 2. The number of anilines is 1. The van der Waals surface area contributed by atoms with Crippen molar-refractivity contribution in [1.29, 1.82) is 0 Å². The molecule has 0 radical (unpaired) electrons. The highest BCUT2D eigenvalue weighted by Crippen LogP contribution is 2.40. The Labute approximate surface area is 251 Å². The van der Waals surface area contributed by atoms with E-state index in [4.69, 9.17) is 0 Å². The summed E-state index contributed by atoms with van der Waals surface area (Å²) in [6.07, 6.45) is 4.34. The van der Waals surface area contributed by atoms with Crippen molar-refractivity contribution in [3.63, 3.8) is 0 Å². The average Bonchev–Trinajstić information content (AvgIpc) is 2.99. The van der Waals surface area contributed by atoms with Crippen molar-refractivity contribution in [3.05, 3.63) is 88.1 Å². The second kappa shape index (κ2) is 10.9. The van der Waals surface area contributed by atoms with Crippen LogP contribution in [-0.4, -0.2) is 72.3 Å². The number of hydrogen-bond donors (Lipinski definition) is 2. The molecular formula is C32H30F2N6O4. The quantitative estimate of drug-likeness (QED) is 0.339. The van der Waals surface area contributed by atoms with Crippen LogP contribution in [0.25, 0.3) is 34.1 Å². The minimum absolute atomic E-state index is 0.0311. The van der Waals surface area contributed by atoms with Gasteiger partial charge < -0.3 is 20.0 Å². The van der Waals surface area contributed by atoms with Crippen LogP contribution in [0.3, 0.4) is 0 Å². The fourth-order valence-electron chi connectivity index (χ4n) is 6.02. The molecule has 1 aromatic carbocycles. The van der Waals surface area contributed by atoms with E-state index < -0.39 is 46.5 Å². The van der Waals surface area contributed by atoms with Gasteiger partial charge in [-0.3, -0.25) is 9.78 Å². The van der Waals surface area contributed by atoms with Gasteiger partial charge in [0.15, 0.2) is 11.5 Å². The topological polar surface area (TPSA) is 125 Å². The molecule has 0 spiro atoms. The summed E-state index contributed by atoms with van der Waals surface area (Å²) in [5, 5.41) is 22.0. The molecule has 2 aliphatic rings. The molecule has 1 amide bonds. The Morgan fingerprint density at radius 3 is 2.66 bits per heavy atom. The molecule has 0 saturated carbocycles. The third-order valence-electron chi connectivity index (χ3n) is 8.17. The number of aromatic nitrogens is 4. The lowest BCUT2D eigenvalue weighted by atomic mass is 9.97. The van der Waals surface area contributed by atoms with Crippen LogP contribution in [0.4, 0.5) is 14.6 Å². The van der Waals surface area contributed by atoms with Gasteiger partial charge in [0.2, 0.25) is 5.91 Å². The molecular weight excluding hydrogens is 570 g/mol. The molecule has 2 unspecified atom stereocenters. The lowest BCUT2D eigenvalue weighted by molar-refractivity contribution is -0.127. The Bertz CT molecular complexity index is 1920. The minimum atomic E-state index is -1.20. The highest BCUT2D eigenvalue weighted by atomic mass is 19.1. The summed E-state index contributed by atoms with van der Waals surface area (Å²) in [5.74, 6) is -2.80. The number of pyridine rings is 2. The number of aromatic hydroxyl groups is 1. The number of halogens is 2. The van der Waals surface area contributed by atoms with Crippen molar-refractivity contribution in [3.8, 4) is 22.7 Å². The van der Waals surface area contributed by atoms with E-state index in [1.54, 1.807) is 24.1 Å². The summed E-state index contributed by atoms with van der Waals surface area (Å²) in [4.78, 5) is 43.3. The zero-order chi connectivity index (χ0) is 31.4. The molecule has 0 bridgehead atoms. The summed E-state index contributed by atoms with van der Waals surface area (Å²) >= 11 is 0. The molecule has 2 atom stereocenters. The molecule has 12 heteroatoms. The molecule has 44 heavy (non-hydrogen) atoms. The van der Waals surface area contributed by atoms with Crippen molar-refractivity contribution in [2.45, 2.75) is 38.8 Å². The molecule has 4 aromatic rings. The highest BCUT2D eigenvalue weighted by Gasteiger charge is 2.38. The normalized spacial score (nSPS) is 18.6. The SMILES string of the molecule is C=CC(=O)N1CCN2c3nc(=O)n(-c4c(C)ccnc4C(C)C)c4nc(-c5c(O)cccc5F)c(F)c(c34)/C=C\C(O)C2C1. The Balaban J connectivity index is 1.76. The number of aryl methyl sites for hydroxylation is 1. The Morgan fingerprint density at radius 2 is 1.95 bits per heavy atom. The molecule has 2 aliphatic heterocycles. The van der Waals surface area contributed by atoms with Gasteiger partial charge in [-0.1, -0.05) is 38.6 Å². The second-order valence-corrected chi connectivity index (χ2v) is 11.2. The summed E-state index contributed by atoms with van der Waals surface area (Å²) in [6, 6.07) is 4.57. The van der Waals surface area contributed by atoms with Gasteiger partial charge in [-0.15, -0.1) is 0 Å². The summed E-state index contributed by atoms with van der Waals surface area (Å²) < 4.78 is 33.0. The Kier molecular flexibility index (Phi) is 7.24. The standard InChI is InChI=1S/C32H30F2N6O4/c1-5-23(43)38-13-14-39-20(15-38)21(41)10-9-18-24-30(39)37-32(44)40(29-17(4)11-12-35-27(29)16(2)3)31(24)36-28(26(18)34)25-19(33)7-6-8-22(25)42/h5-12,16,20-21,41-42H,1,13-15H2,2-4H3/b10-9-. The predicted octanol–water partition coefficient (Wildman–Crippen LogP) is 3.85. The molecule has 1 saturated heterocycles. The van der Waals surface area contributed by atoms with Crippen LogP contribution in [-0.2, 0) is 4.79 Å². The van der Waals surface area contributed by atoms with Gasteiger partial charge in [-0.05, 0) is 42.7 Å². The minimum Gasteiger partial charge on any atom is -0.507 e. The molecule has 2 N–H and O–H groups in total. The van der Waals surface area contributed by atoms with Gasteiger partial charge in [0.05, 0.1) is 34.5 Å². The molecule has 5 heterocycles. The maximum absolute atomic E-state index is 16.6. The van der Waals surface area contributed by atoms with Crippen molar-refractivity contribution >= 4 is 28.8 Å². The van der Waals surface area contributed by atoms with Crippen LogP contribution in [0, 0.1) is 18.6 Å². The van der Waals surface area contributed by atoms with Crippen LogP contribution in [0.5, 0.6) is 5.75 Å². The predicted molar refractivity (Wildman–Crippen MR) is 162 cm³/mol. The zero-order valence-electron chi connectivity index (χ0n) is 24.3. The smallest absolute Gasteiger partial charge is 0.355 e. The van der Waals surface area contributed by atoms with E-state index in [0.29, 0.717) is 16.9 Å². The lowest BCUT2D eigenvalue weighted by Gasteiger charge is -2.44. The average molecular weight is 601 g/mol. The Morgan fingerprint density at radius 1 is 1.18 bits per heavy atom. The number of aliphatic hydroxyl groups is 1. The van der Waals surface area contributed by atoms with Crippen LogP contribution >= 0.6 is 0 Å². The van der Waals surface area contributed by atoms with E-state index in [0.717, 1.165) is 6.07 Å². The number of nitrogens with zero attached hydrogens (tertiary/aromatic N) is 6. The largest absolute Gasteiger partial charge is 0.507 e. The molecule has 3 aromatic heterocycles. The molecule has 0 aliphatic carbocycles. The fourth-order valence-corrected chi connectivity index (χ4v) is 6.02. The van der Waals surface area contributed by atoms with Crippen molar-refractivity contribution in [2.75, 3.05) is 24.5 Å². The molecule has 1 fully saturated rings. The molecule has 226 valence electrons. The highest BCUT2D eigenvalue weighted by molar-refractivity contribution is 5.99. The zero-order valence-corrected chi connectivity index (χ0v) is 24.3. The number of amides is 1. The van der Waals surface area contributed by atoms with E-state index >= 15 is 8.78 Å². The number of benzene rings is 1.